The second-order valence-corrected chi connectivity index (χ2v) is 4.61. The fourth-order valence-corrected chi connectivity index (χ4v) is 2.25. The van der Waals surface area contributed by atoms with Crippen LogP contribution in [0.1, 0.15) is 35.6 Å². The summed E-state index contributed by atoms with van der Waals surface area (Å²) in [7, 11) is 1.40. The van der Waals surface area contributed by atoms with Crippen molar-refractivity contribution in [2.75, 3.05) is 7.11 Å². The Kier molecular flexibility index (Phi) is 4.78. The van der Waals surface area contributed by atoms with E-state index >= 15 is 0 Å². The van der Waals surface area contributed by atoms with Crippen molar-refractivity contribution < 1.29 is 14.6 Å². The third kappa shape index (κ3) is 4.01. The fraction of sp³-hybridized carbons (Fsp3) is 0.545. The highest BCUT2D eigenvalue weighted by atomic mass is 32.1. The molecule has 0 aliphatic carbocycles. The Balaban J connectivity index is 2.34. The second-order valence-electron chi connectivity index (χ2n) is 3.41. The molecule has 3 nitrogen and oxygen atoms in total. The Hall–Kier alpha value is -0.870. The minimum atomic E-state index is -0.399. The van der Waals surface area contributed by atoms with E-state index in [0.29, 0.717) is 6.42 Å². The number of rotatable bonds is 5. The Labute approximate surface area is 93.7 Å². The van der Waals surface area contributed by atoms with E-state index < -0.39 is 6.10 Å². The molecule has 0 fully saturated rings. The number of aryl methyl sites for hydroxylation is 1. The highest BCUT2D eigenvalue weighted by molar-refractivity contribution is 7.12. The monoisotopic (exact) mass is 228 g/mol. The predicted molar refractivity (Wildman–Crippen MR) is 59.9 cm³/mol. The minimum absolute atomic E-state index is 0.165. The van der Waals surface area contributed by atoms with Crippen LogP contribution in [0.4, 0.5) is 0 Å². The van der Waals surface area contributed by atoms with E-state index in [2.05, 4.69) is 4.74 Å². The lowest BCUT2D eigenvalue weighted by atomic mass is 10.2. The molecule has 1 unspecified atom stereocenters. The van der Waals surface area contributed by atoms with Gasteiger partial charge in [-0.25, -0.2) is 0 Å². The summed E-state index contributed by atoms with van der Waals surface area (Å²) in [6, 6.07) is 3.94. The maximum absolute atomic E-state index is 10.9. The molecule has 0 amide bonds. The molecule has 0 saturated heterocycles. The first-order chi connectivity index (χ1) is 7.13. The third-order valence-corrected chi connectivity index (χ3v) is 3.44. The average Bonchev–Trinajstić information content (AvgIpc) is 2.66. The van der Waals surface area contributed by atoms with E-state index in [-0.39, 0.29) is 5.97 Å². The molecule has 0 aliphatic heterocycles. The molecule has 0 saturated carbocycles. The molecule has 1 aromatic heterocycles. The molecule has 15 heavy (non-hydrogen) atoms. The quantitative estimate of drug-likeness (QED) is 0.787. The number of aliphatic hydroxyl groups excluding tert-OH is 1. The van der Waals surface area contributed by atoms with Gasteiger partial charge in [-0.1, -0.05) is 0 Å². The van der Waals surface area contributed by atoms with Crippen molar-refractivity contribution in [2.45, 2.75) is 32.3 Å². The van der Waals surface area contributed by atoms with Gasteiger partial charge in [0.2, 0.25) is 0 Å². The van der Waals surface area contributed by atoms with Crippen LogP contribution in [0.3, 0.4) is 0 Å². The second kappa shape index (κ2) is 5.88. The average molecular weight is 228 g/mol. The van der Waals surface area contributed by atoms with Crippen LogP contribution < -0.4 is 0 Å². The number of esters is 1. The molecule has 0 aromatic carbocycles. The highest BCUT2D eigenvalue weighted by Crippen LogP contribution is 2.24. The topological polar surface area (TPSA) is 46.5 Å². The molecule has 1 aromatic rings. The summed E-state index contributed by atoms with van der Waals surface area (Å²) in [5, 5.41) is 9.33. The molecule has 0 aliphatic rings. The summed E-state index contributed by atoms with van der Waals surface area (Å²) in [6.45, 7) is 1.75. The maximum atomic E-state index is 10.9. The molecule has 0 radical (unpaired) electrons. The molecule has 84 valence electrons. The van der Waals surface area contributed by atoms with Gasteiger partial charge in [-0.2, -0.15) is 0 Å². The van der Waals surface area contributed by atoms with Gasteiger partial charge in [-0.3, -0.25) is 4.79 Å². The molecule has 4 heteroatoms. The molecule has 0 spiro atoms. The van der Waals surface area contributed by atoms with E-state index in [1.54, 1.807) is 18.3 Å². The van der Waals surface area contributed by atoms with Crippen molar-refractivity contribution in [1.29, 1.82) is 0 Å². The van der Waals surface area contributed by atoms with Crippen molar-refractivity contribution >= 4 is 17.3 Å². The Morgan fingerprint density at radius 1 is 1.60 bits per heavy atom. The summed E-state index contributed by atoms with van der Waals surface area (Å²) >= 11 is 1.60. The summed E-state index contributed by atoms with van der Waals surface area (Å²) in [4.78, 5) is 13.0. The van der Waals surface area contributed by atoms with Gasteiger partial charge in [-0.05, 0) is 31.9 Å². The van der Waals surface area contributed by atoms with Crippen LogP contribution >= 0.6 is 11.3 Å². The van der Waals surface area contributed by atoms with E-state index in [1.165, 1.54) is 12.0 Å². The minimum Gasteiger partial charge on any atom is -0.469 e. The summed E-state index contributed by atoms with van der Waals surface area (Å²) < 4.78 is 4.56. The van der Waals surface area contributed by atoms with Gasteiger partial charge >= 0.3 is 5.97 Å². The van der Waals surface area contributed by atoms with Gasteiger partial charge in [0.05, 0.1) is 13.2 Å². The Morgan fingerprint density at radius 2 is 2.33 bits per heavy atom. The van der Waals surface area contributed by atoms with Crippen molar-refractivity contribution in [3.63, 3.8) is 0 Å². The number of aliphatic hydroxyl groups is 1. The first-order valence-electron chi connectivity index (χ1n) is 4.97. The number of ether oxygens (including phenoxy) is 1. The molecular weight excluding hydrogens is 212 g/mol. The number of hydrogen-bond donors (Lipinski definition) is 1. The zero-order valence-corrected chi connectivity index (χ0v) is 9.84. The SMILES string of the molecule is COC(=O)CCCc1ccc(C(C)O)s1. The zero-order chi connectivity index (χ0) is 11.3. The number of methoxy groups -OCH3 is 1. The van der Waals surface area contributed by atoms with Gasteiger partial charge in [0, 0.05) is 16.2 Å². The predicted octanol–water partition coefficient (Wildman–Crippen LogP) is 2.30. The Morgan fingerprint density at radius 3 is 2.87 bits per heavy atom. The lowest BCUT2D eigenvalue weighted by molar-refractivity contribution is -0.140. The summed E-state index contributed by atoms with van der Waals surface area (Å²) in [5.41, 5.74) is 0. The first-order valence-corrected chi connectivity index (χ1v) is 5.78. The summed E-state index contributed by atoms with van der Waals surface area (Å²) in [5.74, 6) is -0.165. The third-order valence-electron chi connectivity index (χ3n) is 2.13. The number of carbonyl (C=O) groups is 1. The van der Waals surface area contributed by atoms with Gasteiger partial charge < -0.3 is 9.84 Å². The molecule has 1 N–H and O–H groups in total. The van der Waals surface area contributed by atoms with E-state index in [1.807, 2.05) is 12.1 Å². The van der Waals surface area contributed by atoms with Gasteiger partial charge in [-0.15, -0.1) is 11.3 Å². The molecular formula is C11H16O3S. The van der Waals surface area contributed by atoms with Crippen molar-refractivity contribution in [3.05, 3.63) is 21.9 Å². The smallest absolute Gasteiger partial charge is 0.305 e. The van der Waals surface area contributed by atoms with Crippen LogP contribution in [0.25, 0.3) is 0 Å². The highest BCUT2D eigenvalue weighted by Gasteiger charge is 2.06. The van der Waals surface area contributed by atoms with Crippen molar-refractivity contribution in [2.24, 2.45) is 0 Å². The van der Waals surface area contributed by atoms with Crippen LogP contribution in [0.2, 0.25) is 0 Å². The zero-order valence-electron chi connectivity index (χ0n) is 9.03. The van der Waals surface area contributed by atoms with Crippen LogP contribution in [0, 0.1) is 0 Å². The molecule has 1 rings (SSSR count). The van der Waals surface area contributed by atoms with Crippen molar-refractivity contribution in [1.82, 2.24) is 0 Å². The lowest BCUT2D eigenvalue weighted by Crippen LogP contribution is -1.99. The van der Waals surface area contributed by atoms with Gasteiger partial charge in [0.15, 0.2) is 0 Å². The van der Waals surface area contributed by atoms with Crippen molar-refractivity contribution in [3.8, 4) is 0 Å². The first kappa shape index (κ1) is 12.2. The number of carbonyl (C=O) groups excluding carboxylic acids is 1. The van der Waals surface area contributed by atoms with E-state index in [9.17, 15) is 9.90 Å². The maximum Gasteiger partial charge on any atom is 0.305 e. The standard InChI is InChI=1S/C11H16O3S/c1-8(12)10-7-6-9(15-10)4-3-5-11(13)14-2/h6-8,12H,3-5H2,1-2H3. The van der Waals surface area contributed by atoms with E-state index in [4.69, 9.17) is 0 Å². The van der Waals surface area contributed by atoms with Gasteiger partial charge in [0.1, 0.15) is 0 Å². The molecule has 1 atom stereocenters. The number of thiophene rings is 1. The fourth-order valence-electron chi connectivity index (χ4n) is 1.26. The largest absolute Gasteiger partial charge is 0.469 e. The number of hydrogen-bond acceptors (Lipinski definition) is 4. The Bertz CT molecular complexity index is 317. The van der Waals surface area contributed by atoms with Crippen LogP contribution in [0.5, 0.6) is 0 Å². The molecule has 0 bridgehead atoms. The van der Waals surface area contributed by atoms with Crippen LogP contribution in [0.15, 0.2) is 12.1 Å². The van der Waals surface area contributed by atoms with E-state index in [0.717, 1.165) is 17.7 Å². The van der Waals surface area contributed by atoms with Gasteiger partial charge in [0.25, 0.3) is 0 Å². The summed E-state index contributed by atoms with van der Waals surface area (Å²) in [6.07, 6.45) is 1.72. The van der Waals surface area contributed by atoms with Crippen LogP contribution in [-0.4, -0.2) is 18.2 Å². The lowest BCUT2D eigenvalue weighted by Gasteiger charge is -1.99. The molecule has 1 heterocycles. The normalized spacial score (nSPS) is 12.5. The van der Waals surface area contributed by atoms with Crippen LogP contribution in [-0.2, 0) is 16.0 Å².